The molecule has 4 heterocycles. The lowest BCUT2D eigenvalue weighted by Gasteiger charge is -2.28. The summed E-state index contributed by atoms with van der Waals surface area (Å²) < 4.78 is 15.8. The minimum atomic E-state index is -0.311. The number of rotatable bonds is 5. The zero-order valence-corrected chi connectivity index (χ0v) is 18.0. The Kier molecular flexibility index (Phi) is 5.30. The number of anilines is 1. The number of carbonyl (C=O) groups is 1. The first-order chi connectivity index (χ1) is 14.2. The van der Waals surface area contributed by atoms with Gasteiger partial charge in [0.2, 0.25) is 0 Å². The van der Waals surface area contributed by atoms with Crippen molar-refractivity contribution in [3.8, 4) is 0 Å². The van der Waals surface area contributed by atoms with Crippen LogP contribution in [0.2, 0.25) is 0 Å². The second-order valence-corrected chi connectivity index (χ2v) is 9.27. The fraction of sp³-hybridized carbons (Fsp3) is 0.478. The monoisotopic (exact) mass is 409 g/mol. The average Bonchev–Trinajstić information content (AvgIpc) is 3.32. The molecule has 3 aromatic heterocycles. The largest absolute Gasteiger partial charge is 0.349 e. The predicted octanol–water partition coefficient (Wildman–Crippen LogP) is 4.79. The molecule has 6 nitrogen and oxygen atoms in total. The van der Waals surface area contributed by atoms with Crippen LogP contribution < -0.4 is 4.90 Å². The van der Waals surface area contributed by atoms with Gasteiger partial charge < -0.3 is 4.90 Å². The quantitative estimate of drug-likeness (QED) is 0.567. The number of carbonyl (C=O) groups excluding carboxylic acids is 1. The molecule has 4 rings (SSSR count). The van der Waals surface area contributed by atoms with Gasteiger partial charge in [0, 0.05) is 18.4 Å². The highest BCUT2D eigenvalue weighted by atomic mass is 19.1. The van der Waals surface area contributed by atoms with E-state index >= 15 is 0 Å². The van der Waals surface area contributed by atoms with Crippen LogP contribution in [0.5, 0.6) is 0 Å². The van der Waals surface area contributed by atoms with E-state index in [0.717, 1.165) is 49.3 Å². The van der Waals surface area contributed by atoms with Crippen molar-refractivity contribution in [2.75, 3.05) is 11.4 Å². The van der Waals surface area contributed by atoms with Crippen LogP contribution in [0.15, 0.2) is 30.7 Å². The third kappa shape index (κ3) is 4.06. The van der Waals surface area contributed by atoms with E-state index in [1.807, 2.05) is 12.3 Å². The van der Waals surface area contributed by atoms with Gasteiger partial charge in [-0.2, -0.15) is 5.10 Å². The molecule has 3 aromatic rings. The van der Waals surface area contributed by atoms with Gasteiger partial charge in [0.15, 0.2) is 11.4 Å². The zero-order valence-electron chi connectivity index (χ0n) is 18.0. The normalized spacial score (nSPS) is 17.1. The van der Waals surface area contributed by atoms with Gasteiger partial charge >= 0.3 is 0 Å². The van der Waals surface area contributed by atoms with Crippen LogP contribution in [-0.2, 0) is 6.42 Å². The van der Waals surface area contributed by atoms with Crippen LogP contribution in [0.25, 0.3) is 5.65 Å². The smallest absolute Gasteiger partial charge is 0.168 e. The number of Topliss-reactive ketones (excluding diaryl/α,β-unsaturated/α-hetero) is 1. The standard InChI is InChI=1S/C23H28FN5O/c1-15(30)18-14-26-29-11-8-21(27-22(18)29)28-10-5-6-20(28)17-12-16(24)13-25-19(17)7-9-23(2,3)4/h8,11-14,20H,5-7,9-10H2,1-4H3. The molecule has 1 saturated heterocycles. The van der Waals surface area contributed by atoms with Crippen molar-refractivity contribution in [2.45, 2.75) is 59.4 Å². The van der Waals surface area contributed by atoms with E-state index in [1.165, 1.54) is 13.1 Å². The van der Waals surface area contributed by atoms with Gasteiger partial charge in [0.05, 0.1) is 24.0 Å². The molecule has 1 aliphatic rings. The highest BCUT2D eigenvalue weighted by molar-refractivity contribution is 5.99. The molecule has 1 fully saturated rings. The second kappa shape index (κ2) is 7.78. The molecule has 0 saturated carbocycles. The Morgan fingerprint density at radius 3 is 2.83 bits per heavy atom. The van der Waals surface area contributed by atoms with Crippen molar-refractivity contribution in [1.82, 2.24) is 19.6 Å². The van der Waals surface area contributed by atoms with Crippen LogP contribution in [0.3, 0.4) is 0 Å². The second-order valence-electron chi connectivity index (χ2n) is 9.27. The molecule has 0 aromatic carbocycles. The van der Waals surface area contributed by atoms with E-state index in [1.54, 1.807) is 16.8 Å². The van der Waals surface area contributed by atoms with Gasteiger partial charge in [-0.15, -0.1) is 0 Å². The Balaban J connectivity index is 1.71. The first-order valence-electron chi connectivity index (χ1n) is 10.5. The Morgan fingerprint density at radius 2 is 2.10 bits per heavy atom. The summed E-state index contributed by atoms with van der Waals surface area (Å²) in [4.78, 5) is 23.3. The predicted molar refractivity (Wildman–Crippen MR) is 114 cm³/mol. The van der Waals surface area contributed by atoms with E-state index in [2.05, 4.69) is 35.8 Å². The summed E-state index contributed by atoms with van der Waals surface area (Å²) >= 11 is 0. The van der Waals surface area contributed by atoms with E-state index < -0.39 is 0 Å². The fourth-order valence-electron chi connectivity index (χ4n) is 4.11. The molecule has 0 aliphatic carbocycles. The van der Waals surface area contributed by atoms with Crippen molar-refractivity contribution < 1.29 is 9.18 Å². The Bertz CT molecular complexity index is 1080. The number of hydrogen-bond donors (Lipinski definition) is 0. The minimum absolute atomic E-state index is 0.0156. The molecule has 0 amide bonds. The van der Waals surface area contributed by atoms with Gasteiger partial charge in [-0.25, -0.2) is 13.9 Å². The summed E-state index contributed by atoms with van der Waals surface area (Å²) in [5.41, 5.74) is 3.14. The maximum atomic E-state index is 14.2. The lowest BCUT2D eigenvalue weighted by atomic mass is 9.88. The molecule has 30 heavy (non-hydrogen) atoms. The SMILES string of the molecule is CC(=O)c1cnn2ccc(N3CCCC3c3cc(F)cnc3CCC(C)(C)C)nc12. The molecule has 7 heteroatoms. The highest BCUT2D eigenvalue weighted by Crippen LogP contribution is 2.37. The number of nitrogens with zero attached hydrogens (tertiary/aromatic N) is 5. The Labute approximate surface area is 176 Å². The van der Waals surface area contributed by atoms with E-state index in [4.69, 9.17) is 4.98 Å². The molecule has 0 N–H and O–H groups in total. The fourth-order valence-corrected chi connectivity index (χ4v) is 4.11. The molecule has 158 valence electrons. The summed E-state index contributed by atoms with van der Waals surface area (Å²) in [6.45, 7) is 8.96. The van der Waals surface area contributed by atoms with Gasteiger partial charge in [0.1, 0.15) is 11.6 Å². The summed E-state index contributed by atoms with van der Waals surface area (Å²) in [5.74, 6) is 0.403. The van der Waals surface area contributed by atoms with Gasteiger partial charge in [-0.05, 0) is 55.7 Å². The maximum absolute atomic E-state index is 14.2. The average molecular weight is 410 g/mol. The minimum Gasteiger partial charge on any atom is -0.349 e. The Morgan fingerprint density at radius 1 is 1.30 bits per heavy atom. The van der Waals surface area contributed by atoms with Crippen molar-refractivity contribution in [3.63, 3.8) is 0 Å². The van der Waals surface area contributed by atoms with Crippen LogP contribution in [-0.4, -0.2) is 31.9 Å². The summed E-state index contributed by atoms with van der Waals surface area (Å²) in [7, 11) is 0. The summed E-state index contributed by atoms with van der Waals surface area (Å²) in [6, 6.07) is 3.55. The molecule has 1 aliphatic heterocycles. The third-order valence-electron chi connectivity index (χ3n) is 5.72. The van der Waals surface area contributed by atoms with Crippen molar-refractivity contribution in [2.24, 2.45) is 5.41 Å². The van der Waals surface area contributed by atoms with Crippen LogP contribution in [0.4, 0.5) is 10.2 Å². The van der Waals surface area contributed by atoms with Crippen LogP contribution in [0, 0.1) is 11.2 Å². The molecular formula is C23H28FN5O. The summed E-state index contributed by atoms with van der Waals surface area (Å²) in [6.07, 6.45) is 8.39. The molecule has 1 unspecified atom stereocenters. The van der Waals surface area contributed by atoms with Gasteiger partial charge in [0.25, 0.3) is 0 Å². The van der Waals surface area contributed by atoms with Gasteiger partial charge in [-0.1, -0.05) is 20.8 Å². The molecule has 0 spiro atoms. The maximum Gasteiger partial charge on any atom is 0.168 e. The first kappa shape index (κ1) is 20.4. The van der Waals surface area contributed by atoms with E-state index in [-0.39, 0.29) is 23.1 Å². The number of aryl methyl sites for hydroxylation is 1. The molecular weight excluding hydrogens is 381 g/mol. The molecule has 0 bridgehead atoms. The Hall–Kier alpha value is -2.83. The van der Waals surface area contributed by atoms with Crippen LogP contribution in [0.1, 0.15) is 74.6 Å². The van der Waals surface area contributed by atoms with Gasteiger partial charge in [-0.3, -0.25) is 9.78 Å². The molecule has 1 atom stereocenters. The number of halogens is 1. The number of ketones is 1. The zero-order chi connectivity index (χ0) is 21.5. The first-order valence-corrected chi connectivity index (χ1v) is 10.5. The van der Waals surface area contributed by atoms with Crippen molar-refractivity contribution in [3.05, 3.63) is 53.4 Å². The molecule has 0 radical (unpaired) electrons. The van der Waals surface area contributed by atoms with Crippen molar-refractivity contribution >= 4 is 17.2 Å². The van der Waals surface area contributed by atoms with Crippen LogP contribution >= 0.6 is 0 Å². The number of aromatic nitrogens is 4. The lowest BCUT2D eigenvalue weighted by Crippen LogP contribution is -2.25. The van der Waals surface area contributed by atoms with E-state index in [0.29, 0.717) is 11.2 Å². The van der Waals surface area contributed by atoms with Crippen molar-refractivity contribution in [1.29, 1.82) is 0 Å². The topological polar surface area (TPSA) is 63.4 Å². The van der Waals surface area contributed by atoms with E-state index in [9.17, 15) is 9.18 Å². The number of pyridine rings is 1. The lowest BCUT2D eigenvalue weighted by molar-refractivity contribution is 0.101. The third-order valence-corrected chi connectivity index (χ3v) is 5.72. The number of fused-ring (bicyclic) bond motifs is 1. The summed E-state index contributed by atoms with van der Waals surface area (Å²) in [5, 5.41) is 4.21. The number of hydrogen-bond acceptors (Lipinski definition) is 5. The highest BCUT2D eigenvalue weighted by Gasteiger charge is 2.30.